The van der Waals surface area contributed by atoms with Crippen LogP contribution in [-0.2, 0) is 14.9 Å². The van der Waals surface area contributed by atoms with E-state index in [0.717, 1.165) is 24.2 Å². The summed E-state index contributed by atoms with van der Waals surface area (Å²) in [5, 5.41) is 10.5. The van der Waals surface area contributed by atoms with Gasteiger partial charge in [-0.05, 0) is 44.0 Å². The predicted molar refractivity (Wildman–Crippen MR) is 102 cm³/mol. The second kappa shape index (κ2) is 8.47. The van der Waals surface area contributed by atoms with Gasteiger partial charge in [0, 0.05) is 6.54 Å². The Labute approximate surface area is 155 Å². The standard InChI is InChI=1S/C22H27NO3/c1-2-26-21(25)22(19-11-7-4-8-12-19)13-15-23(16-14-22)17-20(24)18-9-5-3-6-10-18/h3-12,20,24H,2,13-17H2,1H3/t20-/m0/s1. The van der Waals surface area contributed by atoms with Crippen LogP contribution in [-0.4, -0.2) is 42.2 Å². The largest absolute Gasteiger partial charge is 0.465 e. The quantitative estimate of drug-likeness (QED) is 0.810. The van der Waals surface area contributed by atoms with Gasteiger partial charge in [-0.25, -0.2) is 0 Å². The fraction of sp³-hybridized carbons (Fsp3) is 0.409. The summed E-state index contributed by atoms with van der Waals surface area (Å²) in [6.07, 6.45) is 0.900. The molecule has 1 aliphatic heterocycles. The van der Waals surface area contributed by atoms with Crippen LogP contribution in [0.1, 0.15) is 37.0 Å². The molecule has 2 aromatic carbocycles. The van der Waals surface area contributed by atoms with Crippen molar-refractivity contribution < 1.29 is 14.6 Å². The lowest BCUT2D eigenvalue weighted by Gasteiger charge is -2.40. The van der Waals surface area contributed by atoms with Crippen molar-refractivity contribution in [1.29, 1.82) is 0 Å². The van der Waals surface area contributed by atoms with Crippen LogP contribution in [0.2, 0.25) is 0 Å². The molecule has 3 rings (SSSR count). The van der Waals surface area contributed by atoms with Gasteiger partial charge in [0.25, 0.3) is 0 Å². The molecule has 0 bridgehead atoms. The Kier molecular flexibility index (Phi) is 6.07. The number of esters is 1. The molecule has 2 aromatic rings. The first kappa shape index (κ1) is 18.6. The van der Waals surface area contributed by atoms with Gasteiger partial charge >= 0.3 is 5.97 Å². The van der Waals surface area contributed by atoms with Crippen molar-refractivity contribution in [2.24, 2.45) is 0 Å². The molecule has 1 atom stereocenters. The van der Waals surface area contributed by atoms with Gasteiger partial charge in [-0.15, -0.1) is 0 Å². The van der Waals surface area contributed by atoms with E-state index in [1.165, 1.54) is 0 Å². The number of ether oxygens (including phenoxy) is 1. The highest BCUT2D eigenvalue weighted by atomic mass is 16.5. The topological polar surface area (TPSA) is 49.8 Å². The first-order valence-corrected chi connectivity index (χ1v) is 9.34. The fourth-order valence-electron chi connectivity index (χ4n) is 3.78. The van der Waals surface area contributed by atoms with Crippen LogP contribution in [0.5, 0.6) is 0 Å². The van der Waals surface area contributed by atoms with E-state index in [9.17, 15) is 9.90 Å². The maximum atomic E-state index is 12.8. The number of hydrogen-bond donors (Lipinski definition) is 1. The highest BCUT2D eigenvalue weighted by molar-refractivity contribution is 5.83. The smallest absolute Gasteiger partial charge is 0.316 e. The maximum Gasteiger partial charge on any atom is 0.316 e. The molecule has 0 unspecified atom stereocenters. The third-order valence-corrected chi connectivity index (χ3v) is 5.32. The number of aliphatic hydroxyl groups is 1. The van der Waals surface area contributed by atoms with Crippen LogP contribution < -0.4 is 0 Å². The third-order valence-electron chi connectivity index (χ3n) is 5.32. The molecule has 0 amide bonds. The molecule has 1 heterocycles. The van der Waals surface area contributed by atoms with Crippen molar-refractivity contribution in [2.45, 2.75) is 31.3 Å². The summed E-state index contributed by atoms with van der Waals surface area (Å²) in [4.78, 5) is 15.0. The number of rotatable bonds is 6. The van der Waals surface area contributed by atoms with E-state index >= 15 is 0 Å². The summed E-state index contributed by atoms with van der Waals surface area (Å²) >= 11 is 0. The number of piperidine rings is 1. The number of likely N-dealkylation sites (tertiary alicyclic amines) is 1. The zero-order valence-corrected chi connectivity index (χ0v) is 15.3. The Balaban J connectivity index is 1.70. The van der Waals surface area contributed by atoms with E-state index in [1.54, 1.807) is 0 Å². The average Bonchev–Trinajstić information content (AvgIpc) is 2.70. The summed E-state index contributed by atoms with van der Waals surface area (Å²) in [5.41, 5.74) is 1.38. The highest BCUT2D eigenvalue weighted by Crippen LogP contribution is 2.37. The summed E-state index contributed by atoms with van der Waals surface area (Å²) in [6, 6.07) is 19.7. The van der Waals surface area contributed by atoms with Crippen molar-refractivity contribution >= 4 is 5.97 Å². The molecule has 1 N–H and O–H groups in total. The van der Waals surface area contributed by atoms with E-state index in [-0.39, 0.29) is 5.97 Å². The second-order valence-corrected chi connectivity index (χ2v) is 6.90. The fourth-order valence-corrected chi connectivity index (χ4v) is 3.78. The molecule has 1 fully saturated rings. The minimum absolute atomic E-state index is 0.130. The third kappa shape index (κ3) is 3.97. The normalized spacial score (nSPS) is 18.2. The zero-order valence-electron chi connectivity index (χ0n) is 15.3. The number of nitrogens with zero attached hydrogens (tertiary/aromatic N) is 1. The van der Waals surface area contributed by atoms with E-state index < -0.39 is 11.5 Å². The van der Waals surface area contributed by atoms with E-state index in [1.807, 2.05) is 67.6 Å². The van der Waals surface area contributed by atoms with E-state index in [0.29, 0.717) is 26.0 Å². The number of hydrogen-bond acceptors (Lipinski definition) is 4. The Morgan fingerprint density at radius 1 is 1.08 bits per heavy atom. The van der Waals surface area contributed by atoms with E-state index in [2.05, 4.69) is 4.90 Å². The van der Waals surface area contributed by atoms with Crippen molar-refractivity contribution in [3.63, 3.8) is 0 Å². The molecule has 26 heavy (non-hydrogen) atoms. The van der Waals surface area contributed by atoms with Gasteiger partial charge < -0.3 is 14.7 Å². The molecule has 0 radical (unpaired) electrons. The number of β-amino-alcohol motifs (C(OH)–C–C–N with tert-alkyl or cyclic N) is 1. The SMILES string of the molecule is CCOC(=O)C1(c2ccccc2)CCN(C[C@H](O)c2ccccc2)CC1. The van der Waals surface area contributed by atoms with Crippen molar-refractivity contribution in [3.05, 3.63) is 71.8 Å². The molecular formula is C22H27NO3. The lowest BCUT2D eigenvalue weighted by atomic mass is 9.72. The number of aliphatic hydroxyl groups excluding tert-OH is 1. The Morgan fingerprint density at radius 2 is 1.65 bits per heavy atom. The number of benzene rings is 2. The van der Waals surface area contributed by atoms with Crippen LogP contribution >= 0.6 is 0 Å². The molecule has 4 nitrogen and oxygen atoms in total. The molecule has 0 aliphatic carbocycles. The van der Waals surface area contributed by atoms with Gasteiger partial charge in [0.2, 0.25) is 0 Å². The minimum Gasteiger partial charge on any atom is -0.465 e. The first-order chi connectivity index (χ1) is 12.7. The molecule has 0 spiro atoms. The lowest BCUT2D eigenvalue weighted by Crippen LogP contribution is -2.48. The highest BCUT2D eigenvalue weighted by Gasteiger charge is 2.44. The van der Waals surface area contributed by atoms with Gasteiger partial charge in [-0.3, -0.25) is 4.79 Å². The minimum atomic E-state index is -0.578. The van der Waals surface area contributed by atoms with Gasteiger partial charge in [-0.2, -0.15) is 0 Å². The molecular weight excluding hydrogens is 326 g/mol. The summed E-state index contributed by atoms with van der Waals surface area (Å²) in [7, 11) is 0. The molecule has 0 aromatic heterocycles. The van der Waals surface area contributed by atoms with Gasteiger partial charge in [0.1, 0.15) is 0 Å². The van der Waals surface area contributed by atoms with Crippen LogP contribution in [0, 0.1) is 0 Å². The Bertz CT molecular complexity index is 694. The molecule has 1 aliphatic rings. The van der Waals surface area contributed by atoms with Crippen LogP contribution in [0.3, 0.4) is 0 Å². The molecule has 1 saturated heterocycles. The lowest BCUT2D eigenvalue weighted by molar-refractivity contribution is -0.152. The number of carbonyl (C=O) groups is 1. The monoisotopic (exact) mass is 353 g/mol. The van der Waals surface area contributed by atoms with Crippen LogP contribution in [0.15, 0.2) is 60.7 Å². The second-order valence-electron chi connectivity index (χ2n) is 6.90. The van der Waals surface area contributed by atoms with Crippen LogP contribution in [0.4, 0.5) is 0 Å². The summed E-state index contributed by atoms with van der Waals surface area (Å²) < 4.78 is 5.42. The molecule has 4 heteroatoms. The van der Waals surface area contributed by atoms with Crippen LogP contribution in [0.25, 0.3) is 0 Å². The van der Waals surface area contributed by atoms with E-state index in [4.69, 9.17) is 4.74 Å². The summed E-state index contributed by atoms with van der Waals surface area (Å²) in [5.74, 6) is -0.130. The Hall–Kier alpha value is -2.17. The van der Waals surface area contributed by atoms with Gasteiger partial charge in [0.05, 0.1) is 18.1 Å². The maximum absolute atomic E-state index is 12.8. The average molecular weight is 353 g/mol. The summed E-state index contributed by atoms with van der Waals surface area (Å²) in [6.45, 7) is 4.35. The first-order valence-electron chi connectivity index (χ1n) is 9.34. The number of carbonyl (C=O) groups excluding carboxylic acids is 1. The molecule has 138 valence electrons. The molecule has 0 saturated carbocycles. The predicted octanol–water partition coefficient (Wildman–Crippen LogP) is 3.32. The Morgan fingerprint density at radius 3 is 2.23 bits per heavy atom. The van der Waals surface area contributed by atoms with Crippen molar-refractivity contribution in [3.8, 4) is 0 Å². The van der Waals surface area contributed by atoms with Gasteiger partial charge in [-0.1, -0.05) is 60.7 Å². The zero-order chi connectivity index (χ0) is 18.4. The van der Waals surface area contributed by atoms with Gasteiger partial charge in [0.15, 0.2) is 0 Å². The van der Waals surface area contributed by atoms with Crippen molar-refractivity contribution in [2.75, 3.05) is 26.2 Å². The van der Waals surface area contributed by atoms with Crippen molar-refractivity contribution in [1.82, 2.24) is 4.90 Å².